The summed E-state index contributed by atoms with van der Waals surface area (Å²) >= 11 is 0. The van der Waals surface area contributed by atoms with Gasteiger partial charge in [0, 0.05) is 5.54 Å². The lowest BCUT2D eigenvalue weighted by molar-refractivity contribution is -0.00811. The van der Waals surface area contributed by atoms with Crippen LogP contribution in [0.4, 0.5) is 0 Å². The molecule has 1 rings (SSSR count). The molecule has 1 aliphatic rings. The van der Waals surface area contributed by atoms with E-state index < -0.39 is 0 Å². The predicted molar refractivity (Wildman–Crippen MR) is 55.8 cm³/mol. The summed E-state index contributed by atoms with van der Waals surface area (Å²) in [7, 11) is 4.20. The molecule has 0 aromatic rings. The Labute approximate surface area is 81.9 Å². The molecule has 1 aliphatic carbocycles. The summed E-state index contributed by atoms with van der Waals surface area (Å²) in [5, 5.41) is 10.1. The summed E-state index contributed by atoms with van der Waals surface area (Å²) in [6, 6.07) is 0. The first kappa shape index (κ1) is 11.0. The first-order chi connectivity index (χ1) is 6.13. The molecule has 2 heteroatoms. The highest BCUT2D eigenvalue weighted by Crippen LogP contribution is 2.37. The van der Waals surface area contributed by atoms with Gasteiger partial charge in [-0.1, -0.05) is 26.2 Å². The molecule has 0 heterocycles. The van der Waals surface area contributed by atoms with E-state index in [0.717, 1.165) is 12.8 Å². The van der Waals surface area contributed by atoms with Crippen LogP contribution in [0.5, 0.6) is 0 Å². The van der Waals surface area contributed by atoms with E-state index in [1.165, 1.54) is 25.7 Å². The third-order valence-electron chi connectivity index (χ3n) is 3.54. The van der Waals surface area contributed by atoms with Crippen LogP contribution in [0, 0.1) is 0 Å². The average Bonchev–Trinajstić information content (AvgIpc) is 2.53. The van der Waals surface area contributed by atoms with E-state index in [-0.39, 0.29) is 11.6 Å². The molecule has 1 atom stereocenters. The molecule has 13 heavy (non-hydrogen) atoms. The molecule has 0 aromatic carbocycles. The van der Waals surface area contributed by atoms with E-state index >= 15 is 0 Å². The van der Waals surface area contributed by atoms with Crippen LogP contribution in [0.15, 0.2) is 0 Å². The van der Waals surface area contributed by atoms with Crippen LogP contribution in [-0.2, 0) is 0 Å². The molecule has 0 aromatic heterocycles. The lowest BCUT2D eigenvalue weighted by Crippen LogP contribution is -2.51. The molecular weight excluding hydrogens is 162 g/mol. The normalized spacial score (nSPS) is 23.8. The van der Waals surface area contributed by atoms with Gasteiger partial charge in [-0.25, -0.2) is 0 Å². The summed E-state index contributed by atoms with van der Waals surface area (Å²) in [4.78, 5) is 2.24. The van der Waals surface area contributed by atoms with E-state index in [1.54, 1.807) is 0 Å². The van der Waals surface area contributed by atoms with Gasteiger partial charge in [0.2, 0.25) is 0 Å². The number of aliphatic hydroxyl groups excluding tert-OH is 1. The quantitative estimate of drug-likeness (QED) is 0.724. The molecule has 1 unspecified atom stereocenters. The Bertz CT molecular complexity index is 150. The van der Waals surface area contributed by atoms with Gasteiger partial charge in [-0.05, 0) is 33.4 Å². The maximum Gasteiger partial charge on any atom is 0.0723 e. The standard InChI is InChI=1S/C11H23NO/c1-4-7-10(13)11(12(2)3)8-5-6-9-11/h10,13H,4-9H2,1-3H3. The van der Waals surface area contributed by atoms with Gasteiger partial charge in [0.1, 0.15) is 0 Å². The fourth-order valence-corrected chi connectivity index (χ4v) is 2.61. The topological polar surface area (TPSA) is 23.5 Å². The molecule has 1 N–H and O–H groups in total. The minimum absolute atomic E-state index is 0.0933. The summed E-state index contributed by atoms with van der Waals surface area (Å²) in [6.07, 6.45) is 6.78. The highest BCUT2D eigenvalue weighted by molar-refractivity contribution is 4.98. The molecule has 0 bridgehead atoms. The van der Waals surface area contributed by atoms with Crippen molar-refractivity contribution in [3.63, 3.8) is 0 Å². The van der Waals surface area contributed by atoms with E-state index in [9.17, 15) is 5.11 Å². The van der Waals surface area contributed by atoms with Gasteiger partial charge in [0.25, 0.3) is 0 Å². The lowest BCUT2D eigenvalue weighted by atomic mass is 9.86. The van der Waals surface area contributed by atoms with Crippen molar-refractivity contribution >= 4 is 0 Å². The molecule has 1 fully saturated rings. The van der Waals surface area contributed by atoms with E-state index in [1.807, 2.05) is 0 Å². The van der Waals surface area contributed by atoms with Crippen LogP contribution in [0.3, 0.4) is 0 Å². The minimum Gasteiger partial charge on any atom is -0.391 e. The molecule has 0 radical (unpaired) electrons. The van der Waals surface area contributed by atoms with Crippen LogP contribution >= 0.6 is 0 Å². The Balaban J connectivity index is 2.66. The predicted octanol–water partition coefficient (Wildman–Crippen LogP) is 2.02. The van der Waals surface area contributed by atoms with Crippen molar-refractivity contribution in [1.82, 2.24) is 4.90 Å². The minimum atomic E-state index is -0.130. The maximum atomic E-state index is 10.1. The molecule has 1 saturated carbocycles. The third kappa shape index (κ3) is 2.05. The van der Waals surface area contributed by atoms with Gasteiger partial charge in [-0.3, -0.25) is 0 Å². The zero-order chi connectivity index (χ0) is 9.90. The Morgan fingerprint density at radius 2 is 1.85 bits per heavy atom. The Morgan fingerprint density at radius 1 is 1.31 bits per heavy atom. The van der Waals surface area contributed by atoms with Crippen molar-refractivity contribution in [3.8, 4) is 0 Å². The Kier molecular flexibility index (Phi) is 3.74. The van der Waals surface area contributed by atoms with Gasteiger partial charge in [-0.2, -0.15) is 0 Å². The number of nitrogens with zero attached hydrogens (tertiary/aromatic N) is 1. The largest absolute Gasteiger partial charge is 0.391 e. The van der Waals surface area contributed by atoms with Crippen molar-refractivity contribution in [3.05, 3.63) is 0 Å². The summed E-state index contributed by atoms with van der Waals surface area (Å²) in [6.45, 7) is 2.14. The van der Waals surface area contributed by atoms with Gasteiger partial charge in [0.15, 0.2) is 0 Å². The summed E-state index contributed by atoms with van der Waals surface area (Å²) in [5.74, 6) is 0. The second-order valence-electron chi connectivity index (χ2n) is 4.51. The molecule has 0 aliphatic heterocycles. The Hall–Kier alpha value is -0.0800. The number of likely N-dealkylation sites (N-methyl/N-ethyl adjacent to an activating group) is 1. The first-order valence-corrected chi connectivity index (χ1v) is 5.49. The van der Waals surface area contributed by atoms with E-state index in [4.69, 9.17) is 0 Å². The highest BCUT2D eigenvalue weighted by Gasteiger charge is 2.41. The number of rotatable bonds is 4. The Morgan fingerprint density at radius 3 is 2.23 bits per heavy atom. The molecule has 0 amide bonds. The zero-order valence-corrected chi connectivity index (χ0v) is 9.21. The van der Waals surface area contributed by atoms with Crippen LogP contribution in [-0.4, -0.2) is 35.7 Å². The number of hydrogen-bond donors (Lipinski definition) is 1. The molecule has 0 saturated heterocycles. The maximum absolute atomic E-state index is 10.1. The molecule has 78 valence electrons. The fraction of sp³-hybridized carbons (Fsp3) is 1.00. The smallest absolute Gasteiger partial charge is 0.0723 e. The third-order valence-corrected chi connectivity index (χ3v) is 3.54. The number of hydrogen-bond acceptors (Lipinski definition) is 2. The van der Waals surface area contributed by atoms with Gasteiger partial charge in [-0.15, -0.1) is 0 Å². The zero-order valence-electron chi connectivity index (χ0n) is 9.21. The average molecular weight is 185 g/mol. The van der Waals surface area contributed by atoms with Crippen LogP contribution < -0.4 is 0 Å². The van der Waals surface area contributed by atoms with Gasteiger partial charge in [0.05, 0.1) is 6.10 Å². The van der Waals surface area contributed by atoms with Crippen molar-refractivity contribution in [2.24, 2.45) is 0 Å². The van der Waals surface area contributed by atoms with Crippen molar-refractivity contribution in [2.45, 2.75) is 57.1 Å². The fourth-order valence-electron chi connectivity index (χ4n) is 2.61. The van der Waals surface area contributed by atoms with E-state index in [2.05, 4.69) is 25.9 Å². The second-order valence-corrected chi connectivity index (χ2v) is 4.51. The summed E-state index contributed by atoms with van der Waals surface area (Å²) in [5.41, 5.74) is 0.0933. The monoisotopic (exact) mass is 185 g/mol. The van der Waals surface area contributed by atoms with Crippen molar-refractivity contribution < 1.29 is 5.11 Å². The van der Waals surface area contributed by atoms with Crippen molar-refractivity contribution in [1.29, 1.82) is 0 Å². The van der Waals surface area contributed by atoms with Crippen LogP contribution in [0.25, 0.3) is 0 Å². The van der Waals surface area contributed by atoms with Gasteiger partial charge >= 0.3 is 0 Å². The van der Waals surface area contributed by atoms with Crippen LogP contribution in [0.2, 0.25) is 0 Å². The number of aliphatic hydroxyl groups is 1. The first-order valence-electron chi connectivity index (χ1n) is 5.49. The van der Waals surface area contributed by atoms with Crippen molar-refractivity contribution in [2.75, 3.05) is 14.1 Å². The van der Waals surface area contributed by atoms with Crippen LogP contribution in [0.1, 0.15) is 45.4 Å². The molecule has 2 nitrogen and oxygen atoms in total. The van der Waals surface area contributed by atoms with Gasteiger partial charge < -0.3 is 10.0 Å². The lowest BCUT2D eigenvalue weighted by Gasteiger charge is -2.40. The summed E-state index contributed by atoms with van der Waals surface area (Å²) < 4.78 is 0. The molecule has 0 spiro atoms. The molecular formula is C11H23NO. The second kappa shape index (κ2) is 4.43. The van der Waals surface area contributed by atoms with E-state index in [0.29, 0.717) is 0 Å². The highest BCUT2D eigenvalue weighted by atomic mass is 16.3. The SMILES string of the molecule is CCCC(O)C1(N(C)C)CCCC1.